The highest BCUT2D eigenvalue weighted by Crippen LogP contribution is 2.25. The number of nitrogens with zero attached hydrogens (tertiary/aromatic N) is 2. The van der Waals surface area contributed by atoms with Crippen LogP contribution in [0.4, 0.5) is 22.7 Å². The summed E-state index contributed by atoms with van der Waals surface area (Å²) in [4.78, 5) is 11.0. The van der Waals surface area contributed by atoms with Gasteiger partial charge in [0, 0.05) is 11.4 Å². The monoisotopic (exact) mass is 284 g/mol. The maximum absolute atomic E-state index is 11.0. The number of nitrogens with two attached hydrogens (primary N) is 2. The average molecular weight is 284 g/mol. The van der Waals surface area contributed by atoms with Gasteiger partial charge in [0.1, 0.15) is 0 Å². The van der Waals surface area contributed by atoms with Crippen LogP contribution in [0.25, 0.3) is 0 Å². The zero-order chi connectivity index (χ0) is 15.4. The van der Waals surface area contributed by atoms with Crippen molar-refractivity contribution in [2.75, 3.05) is 11.5 Å². The summed E-state index contributed by atoms with van der Waals surface area (Å²) in [6.45, 7) is 2.01. The maximum atomic E-state index is 11.0. The van der Waals surface area contributed by atoms with Crippen molar-refractivity contribution in [1.82, 2.24) is 0 Å². The molecule has 5 N–H and O–H groups in total. The lowest BCUT2D eigenvalue weighted by Gasteiger charge is -2.03. The van der Waals surface area contributed by atoms with Crippen molar-refractivity contribution in [3.63, 3.8) is 0 Å². The molecule has 0 amide bonds. The highest BCUT2D eigenvalue weighted by molar-refractivity contribution is 5.94. The molecule has 0 aromatic heterocycles. The molecular formula is C15H16N4O2. The highest BCUT2D eigenvalue weighted by Gasteiger charge is 2.08. The molecule has 2 aromatic rings. The van der Waals surface area contributed by atoms with Crippen molar-refractivity contribution >= 4 is 28.7 Å². The Kier molecular flexibility index (Phi) is 4.18. The number of rotatable bonds is 4. The fourth-order valence-corrected chi connectivity index (χ4v) is 1.87. The predicted molar refractivity (Wildman–Crippen MR) is 82.2 cm³/mol. The number of carboxylic acid groups (broad SMARTS) is 1. The maximum Gasteiger partial charge on any atom is 0.337 e. The predicted octanol–water partition coefficient (Wildman–Crippen LogP) is 3.53. The van der Waals surface area contributed by atoms with Crippen molar-refractivity contribution in [1.29, 1.82) is 0 Å². The molecule has 6 nitrogen and oxygen atoms in total. The Labute approximate surface area is 122 Å². The number of aryl methyl sites for hydroxylation is 1. The van der Waals surface area contributed by atoms with Crippen LogP contribution in [0.15, 0.2) is 46.6 Å². The van der Waals surface area contributed by atoms with Crippen LogP contribution in [0, 0.1) is 0 Å². The molecule has 0 aliphatic carbocycles. The van der Waals surface area contributed by atoms with Gasteiger partial charge in [0.05, 0.1) is 16.9 Å². The summed E-state index contributed by atoms with van der Waals surface area (Å²) in [6.07, 6.45) is 0.806. The molecule has 0 aliphatic rings. The number of azo groups is 1. The summed E-state index contributed by atoms with van der Waals surface area (Å²) in [7, 11) is 0. The molecule has 0 fully saturated rings. The first-order valence-corrected chi connectivity index (χ1v) is 6.44. The number of benzene rings is 2. The van der Waals surface area contributed by atoms with Gasteiger partial charge in [0.25, 0.3) is 0 Å². The molecule has 0 saturated carbocycles. The number of nitrogen functional groups attached to an aromatic ring is 2. The minimum atomic E-state index is -1.09. The molecule has 2 rings (SSSR count). The van der Waals surface area contributed by atoms with Crippen LogP contribution in [-0.2, 0) is 6.42 Å². The van der Waals surface area contributed by atoms with Gasteiger partial charge in [0.15, 0.2) is 0 Å². The fourth-order valence-electron chi connectivity index (χ4n) is 1.87. The molecule has 0 bridgehead atoms. The third-order valence-corrected chi connectivity index (χ3v) is 3.06. The van der Waals surface area contributed by atoms with E-state index >= 15 is 0 Å². The molecule has 2 aromatic carbocycles. The van der Waals surface area contributed by atoms with E-state index in [0.717, 1.165) is 17.7 Å². The Morgan fingerprint density at radius 1 is 1.05 bits per heavy atom. The zero-order valence-electron chi connectivity index (χ0n) is 11.6. The van der Waals surface area contributed by atoms with Crippen LogP contribution in [-0.4, -0.2) is 11.1 Å². The van der Waals surface area contributed by atoms with Gasteiger partial charge >= 0.3 is 5.97 Å². The molecule has 0 spiro atoms. The second kappa shape index (κ2) is 6.04. The molecule has 21 heavy (non-hydrogen) atoms. The molecule has 108 valence electrons. The first-order chi connectivity index (χ1) is 10.0. The van der Waals surface area contributed by atoms with Gasteiger partial charge in [-0.3, -0.25) is 0 Å². The third-order valence-electron chi connectivity index (χ3n) is 3.06. The van der Waals surface area contributed by atoms with E-state index in [2.05, 4.69) is 10.2 Å². The van der Waals surface area contributed by atoms with Crippen molar-refractivity contribution in [2.24, 2.45) is 10.2 Å². The number of carboxylic acids is 1. The Morgan fingerprint density at radius 2 is 1.62 bits per heavy atom. The van der Waals surface area contributed by atoms with Gasteiger partial charge < -0.3 is 16.6 Å². The first-order valence-electron chi connectivity index (χ1n) is 6.44. The van der Waals surface area contributed by atoms with Crippen LogP contribution >= 0.6 is 0 Å². The fraction of sp³-hybridized carbons (Fsp3) is 0.133. The topological polar surface area (TPSA) is 114 Å². The average Bonchev–Trinajstić information content (AvgIpc) is 2.47. The third kappa shape index (κ3) is 3.36. The van der Waals surface area contributed by atoms with Gasteiger partial charge in [-0.15, -0.1) is 0 Å². The summed E-state index contributed by atoms with van der Waals surface area (Å²) in [5, 5.41) is 17.1. The lowest BCUT2D eigenvalue weighted by molar-refractivity contribution is 0.0698. The van der Waals surface area contributed by atoms with E-state index < -0.39 is 5.97 Å². The van der Waals surface area contributed by atoms with Gasteiger partial charge in [-0.1, -0.05) is 6.92 Å². The van der Waals surface area contributed by atoms with E-state index in [-0.39, 0.29) is 11.3 Å². The molecule has 0 saturated heterocycles. The van der Waals surface area contributed by atoms with E-state index in [1.165, 1.54) is 12.1 Å². The minimum absolute atomic E-state index is 0.0120. The molecule has 0 unspecified atom stereocenters. The number of hydrogen-bond donors (Lipinski definition) is 3. The molecule has 6 heteroatoms. The van der Waals surface area contributed by atoms with E-state index in [0.29, 0.717) is 11.4 Å². The molecule has 0 heterocycles. The standard InChI is InChI=1S/C15H16N4O2/c1-2-9-7-10(3-5-13(9)16)18-19-11-4-6-14(17)12(8-11)15(20)21/h3-8H,2,16-17H2,1H3,(H,20,21). The Bertz CT molecular complexity index is 711. The van der Waals surface area contributed by atoms with E-state index in [4.69, 9.17) is 16.6 Å². The number of carbonyl (C=O) groups is 1. The smallest absolute Gasteiger partial charge is 0.337 e. The number of aromatic carboxylic acids is 1. The lowest BCUT2D eigenvalue weighted by atomic mass is 10.1. The second-order valence-electron chi connectivity index (χ2n) is 4.51. The van der Waals surface area contributed by atoms with E-state index in [1.54, 1.807) is 18.2 Å². The SMILES string of the molecule is CCc1cc(N=Nc2ccc(N)c(C(=O)O)c2)ccc1N. The first kappa shape index (κ1) is 14.5. The molecular weight excluding hydrogens is 268 g/mol. The van der Waals surface area contributed by atoms with Gasteiger partial charge in [-0.25, -0.2) is 4.79 Å². The summed E-state index contributed by atoms with van der Waals surface area (Å²) in [5.41, 5.74) is 14.4. The van der Waals surface area contributed by atoms with E-state index in [9.17, 15) is 4.79 Å². The Morgan fingerprint density at radius 3 is 2.19 bits per heavy atom. The molecule has 0 atom stereocenters. The van der Waals surface area contributed by atoms with Crippen molar-refractivity contribution in [3.8, 4) is 0 Å². The van der Waals surface area contributed by atoms with Crippen LogP contribution in [0.3, 0.4) is 0 Å². The number of hydrogen-bond acceptors (Lipinski definition) is 5. The summed E-state index contributed by atoms with van der Waals surface area (Å²) in [6, 6.07) is 9.89. The highest BCUT2D eigenvalue weighted by atomic mass is 16.4. The summed E-state index contributed by atoms with van der Waals surface area (Å²) >= 11 is 0. The normalized spacial score (nSPS) is 10.9. The Hall–Kier alpha value is -2.89. The second-order valence-corrected chi connectivity index (χ2v) is 4.51. The van der Waals surface area contributed by atoms with Crippen LogP contribution < -0.4 is 11.5 Å². The lowest BCUT2D eigenvalue weighted by Crippen LogP contribution is -2.01. The van der Waals surface area contributed by atoms with Crippen LogP contribution in [0.1, 0.15) is 22.8 Å². The van der Waals surface area contributed by atoms with Crippen molar-refractivity contribution in [2.45, 2.75) is 13.3 Å². The van der Waals surface area contributed by atoms with Gasteiger partial charge in [-0.2, -0.15) is 10.2 Å². The molecule has 0 radical (unpaired) electrons. The van der Waals surface area contributed by atoms with Gasteiger partial charge in [0.2, 0.25) is 0 Å². The van der Waals surface area contributed by atoms with E-state index in [1.807, 2.05) is 13.0 Å². The quantitative estimate of drug-likeness (QED) is 0.588. The largest absolute Gasteiger partial charge is 0.478 e. The van der Waals surface area contributed by atoms with Crippen molar-refractivity contribution in [3.05, 3.63) is 47.5 Å². The minimum Gasteiger partial charge on any atom is -0.478 e. The van der Waals surface area contributed by atoms with Crippen molar-refractivity contribution < 1.29 is 9.90 Å². The van der Waals surface area contributed by atoms with Crippen LogP contribution in [0.5, 0.6) is 0 Å². The number of anilines is 2. The summed E-state index contributed by atoms with van der Waals surface area (Å²) < 4.78 is 0. The Balaban J connectivity index is 2.29. The molecule has 0 aliphatic heterocycles. The summed E-state index contributed by atoms with van der Waals surface area (Å²) in [5.74, 6) is -1.09. The van der Waals surface area contributed by atoms with Crippen LogP contribution in [0.2, 0.25) is 0 Å². The van der Waals surface area contributed by atoms with Gasteiger partial charge in [-0.05, 0) is 48.4 Å². The zero-order valence-corrected chi connectivity index (χ0v) is 11.6.